The zero-order chi connectivity index (χ0) is 21.7. The molecule has 2 aliphatic heterocycles. The molecule has 1 atom stereocenters. The molecule has 0 aliphatic carbocycles. The highest BCUT2D eigenvalue weighted by Gasteiger charge is 2.32. The summed E-state index contributed by atoms with van der Waals surface area (Å²) in [5.74, 6) is 1.74. The number of para-hydroxylation sites is 1. The van der Waals surface area contributed by atoms with Crippen molar-refractivity contribution >= 4 is 33.3 Å². The summed E-state index contributed by atoms with van der Waals surface area (Å²) in [6.45, 7) is 0.190. The minimum absolute atomic E-state index is 0.120. The Bertz CT molecular complexity index is 1420. The van der Waals surface area contributed by atoms with E-state index in [9.17, 15) is 5.26 Å². The Morgan fingerprint density at radius 2 is 1.88 bits per heavy atom. The van der Waals surface area contributed by atoms with E-state index in [1.165, 1.54) is 0 Å². The molecular weight excluding hydrogens is 442 g/mol. The Morgan fingerprint density at radius 3 is 2.75 bits per heavy atom. The lowest BCUT2D eigenvalue weighted by Crippen LogP contribution is -2.21. The quantitative estimate of drug-likeness (QED) is 0.441. The average molecular weight is 458 g/mol. The fourth-order valence-electron chi connectivity index (χ4n) is 3.93. The van der Waals surface area contributed by atoms with Crippen LogP contribution in [0.15, 0.2) is 81.4 Å². The van der Waals surface area contributed by atoms with E-state index in [-0.39, 0.29) is 18.6 Å². The van der Waals surface area contributed by atoms with Crippen LogP contribution in [0, 0.1) is 11.3 Å². The third-order valence-corrected chi connectivity index (χ3v) is 7.48. The van der Waals surface area contributed by atoms with Crippen LogP contribution in [0.2, 0.25) is 0 Å². The molecule has 32 heavy (non-hydrogen) atoms. The Balaban J connectivity index is 1.42. The van der Waals surface area contributed by atoms with E-state index in [1.807, 2.05) is 54.6 Å². The summed E-state index contributed by atoms with van der Waals surface area (Å²) < 4.78 is 18.9. The van der Waals surface area contributed by atoms with E-state index < -0.39 is 0 Å². The van der Waals surface area contributed by atoms with Crippen molar-refractivity contribution in [3.8, 4) is 23.3 Å². The molecule has 1 aromatic heterocycles. The maximum Gasteiger partial charge on any atom is 0.231 e. The van der Waals surface area contributed by atoms with Gasteiger partial charge >= 0.3 is 0 Å². The summed E-state index contributed by atoms with van der Waals surface area (Å²) in [5.41, 5.74) is 9.24. The number of hydrogen-bond donors (Lipinski definition) is 1. The second-order valence-corrected chi connectivity index (χ2v) is 9.64. The molecule has 1 unspecified atom stereocenters. The predicted octanol–water partition coefficient (Wildman–Crippen LogP) is 5.39. The maximum absolute atomic E-state index is 9.86. The third-order valence-electron chi connectivity index (χ3n) is 5.40. The highest BCUT2D eigenvalue weighted by atomic mass is 32.2. The van der Waals surface area contributed by atoms with Crippen LogP contribution in [0.5, 0.6) is 17.2 Å². The summed E-state index contributed by atoms with van der Waals surface area (Å²) >= 11 is 3.24. The molecule has 0 radical (unpaired) electrons. The van der Waals surface area contributed by atoms with Gasteiger partial charge in [0.15, 0.2) is 15.8 Å². The second-order valence-electron chi connectivity index (χ2n) is 7.29. The van der Waals surface area contributed by atoms with Crippen LogP contribution in [-0.2, 0) is 0 Å². The fraction of sp³-hybridized carbons (Fsp3) is 0.0833. The number of nitrogens with zero attached hydrogens (tertiary/aromatic N) is 2. The van der Waals surface area contributed by atoms with Crippen molar-refractivity contribution in [2.45, 2.75) is 15.2 Å². The number of thiazole rings is 1. The molecule has 0 saturated heterocycles. The van der Waals surface area contributed by atoms with E-state index in [2.05, 4.69) is 12.1 Å². The zero-order valence-electron chi connectivity index (χ0n) is 16.6. The monoisotopic (exact) mass is 457 g/mol. The molecule has 2 aliphatic rings. The molecule has 6 nitrogen and oxygen atoms in total. The summed E-state index contributed by atoms with van der Waals surface area (Å²) in [6.07, 6.45) is 0. The maximum atomic E-state index is 9.86. The SMILES string of the molecule is N#CC1=C(N)Oc2ccc(Sc3nc4ccccc4s3)cc2C1c1ccc2c(c1)OCO2. The lowest BCUT2D eigenvalue weighted by atomic mass is 9.83. The van der Waals surface area contributed by atoms with Gasteiger partial charge in [0.2, 0.25) is 12.7 Å². The number of allylic oxidation sites excluding steroid dienone is 1. The van der Waals surface area contributed by atoms with E-state index in [4.69, 9.17) is 24.9 Å². The Hall–Kier alpha value is -3.67. The molecule has 0 amide bonds. The van der Waals surface area contributed by atoms with Gasteiger partial charge in [-0.2, -0.15) is 5.26 Å². The normalized spacial score (nSPS) is 16.5. The number of rotatable bonds is 3. The minimum atomic E-state index is -0.367. The van der Waals surface area contributed by atoms with E-state index >= 15 is 0 Å². The number of fused-ring (bicyclic) bond motifs is 3. The van der Waals surface area contributed by atoms with Crippen molar-refractivity contribution in [1.29, 1.82) is 5.26 Å². The van der Waals surface area contributed by atoms with Gasteiger partial charge in [-0.1, -0.05) is 30.0 Å². The van der Waals surface area contributed by atoms with Gasteiger partial charge in [-0.15, -0.1) is 11.3 Å². The van der Waals surface area contributed by atoms with Gasteiger partial charge < -0.3 is 19.9 Å². The van der Waals surface area contributed by atoms with Crippen LogP contribution in [0.25, 0.3) is 10.2 Å². The van der Waals surface area contributed by atoms with Gasteiger partial charge in [0.25, 0.3) is 0 Å². The van der Waals surface area contributed by atoms with Gasteiger partial charge in [-0.3, -0.25) is 0 Å². The molecule has 0 fully saturated rings. The molecule has 156 valence electrons. The largest absolute Gasteiger partial charge is 0.454 e. The summed E-state index contributed by atoms with van der Waals surface area (Å²) in [6, 6.07) is 21.9. The van der Waals surface area contributed by atoms with E-state index in [0.717, 1.165) is 30.6 Å². The average Bonchev–Trinajstić information content (AvgIpc) is 3.44. The Morgan fingerprint density at radius 1 is 1.03 bits per heavy atom. The van der Waals surface area contributed by atoms with Crippen molar-refractivity contribution in [2.75, 3.05) is 6.79 Å². The fourth-order valence-corrected chi connectivity index (χ4v) is 6.02. The summed E-state index contributed by atoms with van der Waals surface area (Å²) in [4.78, 5) is 5.73. The van der Waals surface area contributed by atoms with Crippen LogP contribution < -0.4 is 19.9 Å². The van der Waals surface area contributed by atoms with Gasteiger partial charge in [0.1, 0.15) is 17.4 Å². The first-order valence-electron chi connectivity index (χ1n) is 9.84. The first-order valence-corrected chi connectivity index (χ1v) is 11.5. The van der Waals surface area contributed by atoms with E-state index in [1.54, 1.807) is 23.1 Å². The van der Waals surface area contributed by atoms with Crippen LogP contribution in [0.1, 0.15) is 17.0 Å². The predicted molar refractivity (Wildman–Crippen MR) is 122 cm³/mol. The van der Waals surface area contributed by atoms with Crippen molar-refractivity contribution in [3.63, 3.8) is 0 Å². The summed E-state index contributed by atoms with van der Waals surface area (Å²) in [5, 5.41) is 9.86. The molecule has 4 aromatic rings. The summed E-state index contributed by atoms with van der Waals surface area (Å²) in [7, 11) is 0. The van der Waals surface area contributed by atoms with Crippen molar-refractivity contribution in [2.24, 2.45) is 5.73 Å². The third kappa shape index (κ3) is 3.14. The van der Waals surface area contributed by atoms with Crippen molar-refractivity contribution in [3.05, 3.63) is 83.2 Å². The molecule has 3 heterocycles. The number of nitrogens with two attached hydrogens (primary N) is 1. The number of hydrogen-bond acceptors (Lipinski definition) is 8. The molecule has 2 N–H and O–H groups in total. The van der Waals surface area contributed by atoms with Crippen molar-refractivity contribution in [1.82, 2.24) is 4.98 Å². The Kier molecular flexibility index (Phi) is 4.45. The molecule has 3 aromatic carbocycles. The van der Waals surface area contributed by atoms with Crippen molar-refractivity contribution < 1.29 is 14.2 Å². The molecule has 0 bridgehead atoms. The minimum Gasteiger partial charge on any atom is -0.454 e. The topological polar surface area (TPSA) is 90.4 Å². The molecule has 0 spiro atoms. The number of benzene rings is 3. The standard InChI is InChI=1S/C24H15N3O3S2/c25-11-16-22(13-5-7-19-20(9-13)29-12-28-19)15-10-14(6-8-18(15)30-23(16)26)31-24-27-17-3-1-2-4-21(17)32-24/h1-10,22H,12,26H2. The van der Waals surface area contributed by atoms with Gasteiger partial charge in [-0.05, 0) is 48.0 Å². The molecule has 6 rings (SSSR count). The lowest BCUT2D eigenvalue weighted by Gasteiger charge is -2.27. The van der Waals surface area contributed by atoms with Crippen LogP contribution in [0.3, 0.4) is 0 Å². The number of nitriles is 1. The first kappa shape index (κ1) is 19.0. The van der Waals surface area contributed by atoms with Gasteiger partial charge in [-0.25, -0.2) is 4.98 Å². The molecule has 8 heteroatoms. The van der Waals surface area contributed by atoms with Crippen LogP contribution in [0.4, 0.5) is 0 Å². The van der Waals surface area contributed by atoms with E-state index in [0.29, 0.717) is 22.8 Å². The van der Waals surface area contributed by atoms with Crippen LogP contribution >= 0.6 is 23.1 Å². The molecule has 0 saturated carbocycles. The number of aromatic nitrogens is 1. The highest BCUT2D eigenvalue weighted by Crippen LogP contribution is 2.46. The Labute approximate surface area is 191 Å². The van der Waals surface area contributed by atoms with Gasteiger partial charge in [0, 0.05) is 10.5 Å². The highest BCUT2D eigenvalue weighted by molar-refractivity contribution is 8.01. The second kappa shape index (κ2) is 7.48. The lowest BCUT2D eigenvalue weighted by molar-refractivity contribution is 0.174. The van der Waals surface area contributed by atoms with Gasteiger partial charge in [0.05, 0.1) is 16.1 Å². The molecular formula is C24H15N3O3S2. The first-order chi connectivity index (χ1) is 15.7. The number of ether oxygens (including phenoxy) is 3. The van der Waals surface area contributed by atoms with Crippen LogP contribution in [-0.4, -0.2) is 11.8 Å². The zero-order valence-corrected chi connectivity index (χ0v) is 18.2. The smallest absolute Gasteiger partial charge is 0.231 e.